The first-order chi connectivity index (χ1) is 9.33. The van der Waals surface area contributed by atoms with E-state index in [1.54, 1.807) is 12.4 Å². The Labute approximate surface area is 111 Å². The molecule has 0 amide bonds. The molecule has 2 heterocycles. The maximum Gasteiger partial charge on any atom is 0.0745 e. The second-order valence-electron chi connectivity index (χ2n) is 4.28. The minimum atomic E-state index is 0.702. The number of aromatic nitrogens is 2. The summed E-state index contributed by atoms with van der Waals surface area (Å²) in [6, 6.07) is 17.6. The van der Waals surface area contributed by atoms with Gasteiger partial charge in [0.05, 0.1) is 11.4 Å². The molecular weight excluding hydrogens is 234 g/mol. The first-order valence-electron chi connectivity index (χ1n) is 6.06. The fourth-order valence-electron chi connectivity index (χ4n) is 1.97. The predicted octanol–water partition coefficient (Wildman–Crippen LogP) is 3.39. The fourth-order valence-corrected chi connectivity index (χ4v) is 1.97. The first kappa shape index (κ1) is 11.4. The molecule has 92 valence electrons. The molecule has 3 aromatic rings. The highest BCUT2D eigenvalue weighted by Gasteiger charge is 2.05. The minimum Gasteiger partial charge on any atom is -0.399 e. The molecule has 0 fully saturated rings. The van der Waals surface area contributed by atoms with Crippen LogP contribution in [0, 0.1) is 0 Å². The van der Waals surface area contributed by atoms with E-state index in [4.69, 9.17) is 5.73 Å². The molecule has 2 aromatic heterocycles. The molecule has 19 heavy (non-hydrogen) atoms. The summed E-state index contributed by atoms with van der Waals surface area (Å²) in [5, 5.41) is 0. The summed E-state index contributed by atoms with van der Waals surface area (Å²) in [6.45, 7) is 0. The molecule has 0 aliphatic heterocycles. The Kier molecular flexibility index (Phi) is 2.94. The van der Waals surface area contributed by atoms with Gasteiger partial charge < -0.3 is 5.73 Å². The summed E-state index contributed by atoms with van der Waals surface area (Å²) in [5.74, 6) is 0. The van der Waals surface area contributed by atoms with Crippen molar-refractivity contribution >= 4 is 5.69 Å². The minimum absolute atomic E-state index is 0.702. The third kappa shape index (κ3) is 2.45. The zero-order valence-electron chi connectivity index (χ0n) is 10.3. The molecule has 0 atom stereocenters. The number of nitrogen functional groups attached to an aromatic ring is 1. The number of benzene rings is 1. The molecule has 3 rings (SSSR count). The molecule has 0 bridgehead atoms. The van der Waals surface area contributed by atoms with Gasteiger partial charge in [0.1, 0.15) is 0 Å². The summed E-state index contributed by atoms with van der Waals surface area (Å²) in [5.41, 5.74) is 10.4. The quantitative estimate of drug-likeness (QED) is 0.755. The third-order valence-corrected chi connectivity index (χ3v) is 2.87. The number of nitrogens with two attached hydrogens (primary N) is 1. The second-order valence-corrected chi connectivity index (χ2v) is 4.28. The predicted molar refractivity (Wildman–Crippen MR) is 77.3 cm³/mol. The molecule has 0 unspecified atom stereocenters. The van der Waals surface area contributed by atoms with Crippen LogP contribution in [0.4, 0.5) is 5.69 Å². The largest absolute Gasteiger partial charge is 0.399 e. The number of nitrogens with zero attached hydrogens (tertiary/aromatic N) is 2. The summed E-state index contributed by atoms with van der Waals surface area (Å²) >= 11 is 0. The topological polar surface area (TPSA) is 51.8 Å². The lowest BCUT2D eigenvalue weighted by Crippen LogP contribution is -1.93. The van der Waals surface area contributed by atoms with Gasteiger partial charge >= 0.3 is 0 Å². The van der Waals surface area contributed by atoms with Gasteiger partial charge in [-0.2, -0.15) is 0 Å². The molecule has 2 N–H and O–H groups in total. The Morgan fingerprint density at radius 3 is 2.16 bits per heavy atom. The van der Waals surface area contributed by atoms with Crippen molar-refractivity contribution in [3.8, 4) is 22.5 Å². The van der Waals surface area contributed by atoms with E-state index < -0.39 is 0 Å². The van der Waals surface area contributed by atoms with Crippen molar-refractivity contribution in [3.63, 3.8) is 0 Å². The SMILES string of the molecule is Nc1cc(-c2ccccc2)nc(-c2cccnc2)c1. The zero-order valence-corrected chi connectivity index (χ0v) is 10.3. The van der Waals surface area contributed by atoms with Gasteiger partial charge in [-0.3, -0.25) is 4.98 Å². The van der Waals surface area contributed by atoms with Crippen molar-refractivity contribution in [2.24, 2.45) is 0 Å². The molecule has 3 heteroatoms. The summed E-state index contributed by atoms with van der Waals surface area (Å²) in [6.07, 6.45) is 3.53. The highest BCUT2D eigenvalue weighted by molar-refractivity contribution is 5.70. The van der Waals surface area contributed by atoms with E-state index in [0.29, 0.717) is 5.69 Å². The molecule has 0 spiro atoms. The van der Waals surface area contributed by atoms with Crippen LogP contribution in [-0.2, 0) is 0 Å². The van der Waals surface area contributed by atoms with E-state index in [1.165, 1.54) is 0 Å². The number of pyridine rings is 2. The summed E-state index contributed by atoms with van der Waals surface area (Å²) in [7, 11) is 0. The average molecular weight is 247 g/mol. The van der Waals surface area contributed by atoms with E-state index in [0.717, 1.165) is 22.5 Å². The Bertz CT molecular complexity index is 621. The monoisotopic (exact) mass is 247 g/mol. The van der Waals surface area contributed by atoms with Gasteiger partial charge in [-0.25, -0.2) is 4.98 Å². The lowest BCUT2D eigenvalue weighted by Gasteiger charge is -2.06. The molecule has 0 saturated heterocycles. The van der Waals surface area contributed by atoms with Crippen LogP contribution >= 0.6 is 0 Å². The molecule has 1 aromatic carbocycles. The van der Waals surface area contributed by atoms with Gasteiger partial charge in [-0.15, -0.1) is 0 Å². The van der Waals surface area contributed by atoms with Gasteiger partial charge in [0.15, 0.2) is 0 Å². The molecule has 0 aliphatic rings. The van der Waals surface area contributed by atoms with Crippen LogP contribution in [0.3, 0.4) is 0 Å². The summed E-state index contributed by atoms with van der Waals surface area (Å²) in [4.78, 5) is 8.77. The van der Waals surface area contributed by atoms with E-state index in [9.17, 15) is 0 Å². The zero-order chi connectivity index (χ0) is 13.1. The highest BCUT2D eigenvalue weighted by atomic mass is 14.7. The van der Waals surface area contributed by atoms with Crippen LogP contribution in [0.5, 0.6) is 0 Å². The standard InChI is InChI=1S/C16H13N3/c17-14-9-15(12-5-2-1-3-6-12)19-16(10-14)13-7-4-8-18-11-13/h1-11H,(H2,17,19). The van der Waals surface area contributed by atoms with Crippen molar-refractivity contribution in [1.82, 2.24) is 9.97 Å². The van der Waals surface area contributed by atoms with Crippen molar-refractivity contribution in [2.75, 3.05) is 5.73 Å². The average Bonchev–Trinajstić information content (AvgIpc) is 2.48. The lowest BCUT2D eigenvalue weighted by molar-refractivity contribution is 1.28. The van der Waals surface area contributed by atoms with Gasteiger partial charge in [0.25, 0.3) is 0 Å². The van der Waals surface area contributed by atoms with E-state index in [2.05, 4.69) is 9.97 Å². The van der Waals surface area contributed by atoms with Gasteiger partial charge in [0.2, 0.25) is 0 Å². The molecule has 3 nitrogen and oxygen atoms in total. The molecule has 0 aliphatic carbocycles. The number of anilines is 1. The van der Waals surface area contributed by atoms with Crippen molar-refractivity contribution in [1.29, 1.82) is 0 Å². The van der Waals surface area contributed by atoms with Crippen molar-refractivity contribution in [3.05, 3.63) is 67.0 Å². The number of rotatable bonds is 2. The van der Waals surface area contributed by atoms with Crippen LogP contribution in [0.25, 0.3) is 22.5 Å². The Morgan fingerprint density at radius 2 is 1.47 bits per heavy atom. The van der Waals surface area contributed by atoms with E-state index >= 15 is 0 Å². The lowest BCUT2D eigenvalue weighted by atomic mass is 10.1. The second kappa shape index (κ2) is 4.90. The summed E-state index contributed by atoms with van der Waals surface area (Å²) < 4.78 is 0. The maximum absolute atomic E-state index is 5.97. The van der Waals surface area contributed by atoms with Crippen LogP contribution in [0.2, 0.25) is 0 Å². The molecule has 0 saturated carbocycles. The molecular formula is C16H13N3. The van der Waals surface area contributed by atoms with Crippen molar-refractivity contribution in [2.45, 2.75) is 0 Å². The first-order valence-corrected chi connectivity index (χ1v) is 6.06. The van der Waals surface area contributed by atoms with Gasteiger partial charge in [-0.1, -0.05) is 30.3 Å². The smallest absolute Gasteiger partial charge is 0.0745 e. The normalized spacial score (nSPS) is 10.3. The number of hydrogen-bond acceptors (Lipinski definition) is 3. The maximum atomic E-state index is 5.97. The van der Waals surface area contributed by atoms with Gasteiger partial charge in [0, 0.05) is 29.2 Å². The van der Waals surface area contributed by atoms with Crippen LogP contribution in [0.15, 0.2) is 67.0 Å². The third-order valence-electron chi connectivity index (χ3n) is 2.87. The number of hydrogen-bond donors (Lipinski definition) is 1. The van der Waals surface area contributed by atoms with E-state index in [-0.39, 0.29) is 0 Å². The Balaban J connectivity index is 2.12. The van der Waals surface area contributed by atoms with Crippen LogP contribution < -0.4 is 5.73 Å². The van der Waals surface area contributed by atoms with E-state index in [1.807, 2.05) is 54.6 Å². The highest BCUT2D eigenvalue weighted by Crippen LogP contribution is 2.25. The Hall–Kier alpha value is -2.68. The van der Waals surface area contributed by atoms with Gasteiger partial charge in [-0.05, 0) is 24.3 Å². The van der Waals surface area contributed by atoms with Crippen LogP contribution in [-0.4, -0.2) is 9.97 Å². The van der Waals surface area contributed by atoms with Crippen molar-refractivity contribution < 1.29 is 0 Å². The Morgan fingerprint density at radius 1 is 0.789 bits per heavy atom. The molecule has 0 radical (unpaired) electrons. The fraction of sp³-hybridized carbons (Fsp3) is 0. The van der Waals surface area contributed by atoms with Crippen LogP contribution in [0.1, 0.15) is 0 Å².